The van der Waals surface area contributed by atoms with Gasteiger partial charge in [-0.1, -0.05) is 11.6 Å². The summed E-state index contributed by atoms with van der Waals surface area (Å²) in [6.45, 7) is 2.51. The van der Waals surface area contributed by atoms with Gasteiger partial charge in [-0.15, -0.1) is 0 Å². The lowest BCUT2D eigenvalue weighted by molar-refractivity contribution is 0.0695. The second kappa shape index (κ2) is 3.62. The lowest BCUT2D eigenvalue weighted by atomic mass is 10.1. The Bertz CT molecular complexity index is 428. The van der Waals surface area contributed by atoms with Crippen molar-refractivity contribution in [3.63, 3.8) is 0 Å². The number of halogens is 1. The molecule has 0 aliphatic carbocycles. The Hall–Kier alpha value is -1.42. The van der Waals surface area contributed by atoms with Gasteiger partial charge in [-0.3, -0.25) is 0 Å². The van der Waals surface area contributed by atoms with Gasteiger partial charge in [-0.05, 0) is 18.6 Å². The number of rotatable bonds is 1. The van der Waals surface area contributed by atoms with Crippen LogP contribution in [0.25, 0.3) is 0 Å². The van der Waals surface area contributed by atoms with Crippen molar-refractivity contribution in [2.24, 2.45) is 0 Å². The van der Waals surface area contributed by atoms with E-state index in [9.17, 15) is 4.79 Å². The number of carboxylic acid groups (broad SMARTS) is 1. The van der Waals surface area contributed by atoms with Crippen molar-refractivity contribution in [2.75, 3.05) is 13.2 Å². The van der Waals surface area contributed by atoms with Crippen molar-refractivity contribution < 1.29 is 19.4 Å². The number of carboxylic acids is 1. The smallest absolute Gasteiger partial charge is 0.337 e. The average molecular weight is 229 g/mol. The number of ether oxygens (including phenoxy) is 2. The first kappa shape index (κ1) is 10.1. The maximum atomic E-state index is 10.9. The molecular weight excluding hydrogens is 220 g/mol. The van der Waals surface area contributed by atoms with Gasteiger partial charge < -0.3 is 14.6 Å². The second-order valence-electron chi connectivity index (χ2n) is 3.21. The standard InChI is InChI=1S/C10H9ClO4/c1-5-4-6-9(15-3-2-14-6)8(11)7(5)10(12)13/h4H,2-3H2,1H3,(H,12,13). The predicted octanol–water partition coefficient (Wildman–Crippen LogP) is 2.12. The summed E-state index contributed by atoms with van der Waals surface area (Å²) in [7, 11) is 0. The molecule has 0 radical (unpaired) electrons. The van der Waals surface area contributed by atoms with E-state index in [1.165, 1.54) is 0 Å². The minimum Gasteiger partial charge on any atom is -0.486 e. The molecule has 0 saturated heterocycles. The fourth-order valence-electron chi connectivity index (χ4n) is 1.53. The summed E-state index contributed by atoms with van der Waals surface area (Å²) < 4.78 is 10.6. The molecule has 15 heavy (non-hydrogen) atoms. The lowest BCUT2D eigenvalue weighted by Crippen LogP contribution is -2.17. The summed E-state index contributed by atoms with van der Waals surface area (Å²) in [4.78, 5) is 10.9. The van der Waals surface area contributed by atoms with Crippen LogP contribution >= 0.6 is 11.6 Å². The Balaban J connectivity index is 2.64. The van der Waals surface area contributed by atoms with Crippen molar-refractivity contribution in [2.45, 2.75) is 6.92 Å². The third-order valence-corrected chi connectivity index (χ3v) is 2.55. The van der Waals surface area contributed by atoms with Gasteiger partial charge in [0.05, 0.1) is 5.56 Å². The lowest BCUT2D eigenvalue weighted by Gasteiger charge is -2.21. The molecule has 0 aromatic heterocycles. The van der Waals surface area contributed by atoms with E-state index in [1.807, 2.05) is 0 Å². The molecule has 0 saturated carbocycles. The van der Waals surface area contributed by atoms with E-state index in [2.05, 4.69) is 0 Å². The third-order valence-electron chi connectivity index (χ3n) is 2.19. The molecule has 1 aromatic carbocycles. The van der Waals surface area contributed by atoms with Crippen molar-refractivity contribution in [1.29, 1.82) is 0 Å². The van der Waals surface area contributed by atoms with Crippen LogP contribution in [0.4, 0.5) is 0 Å². The number of benzene rings is 1. The van der Waals surface area contributed by atoms with Gasteiger partial charge >= 0.3 is 5.97 Å². The van der Waals surface area contributed by atoms with Crippen LogP contribution in [0.5, 0.6) is 11.5 Å². The molecular formula is C10H9ClO4. The molecule has 0 spiro atoms. The van der Waals surface area contributed by atoms with Crippen LogP contribution in [-0.2, 0) is 0 Å². The maximum Gasteiger partial charge on any atom is 0.337 e. The van der Waals surface area contributed by atoms with Crippen LogP contribution in [0.3, 0.4) is 0 Å². The topological polar surface area (TPSA) is 55.8 Å². The van der Waals surface area contributed by atoms with Crippen molar-refractivity contribution >= 4 is 17.6 Å². The van der Waals surface area contributed by atoms with E-state index < -0.39 is 5.97 Å². The number of hydrogen-bond donors (Lipinski definition) is 1. The highest BCUT2D eigenvalue weighted by molar-refractivity contribution is 6.35. The number of carbonyl (C=O) groups is 1. The number of aromatic carboxylic acids is 1. The van der Waals surface area contributed by atoms with E-state index in [4.69, 9.17) is 26.2 Å². The van der Waals surface area contributed by atoms with Gasteiger partial charge in [0.25, 0.3) is 0 Å². The first-order valence-corrected chi connectivity index (χ1v) is 4.81. The highest BCUT2D eigenvalue weighted by atomic mass is 35.5. The molecule has 0 atom stereocenters. The Kier molecular flexibility index (Phi) is 2.44. The molecule has 1 N–H and O–H groups in total. The highest BCUT2D eigenvalue weighted by Crippen LogP contribution is 2.41. The Morgan fingerprint density at radius 2 is 2.13 bits per heavy atom. The van der Waals surface area contributed by atoms with Crippen LogP contribution in [0, 0.1) is 6.92 Å². The van der Waals surface area contributed by atoms with E-state index in [0.717, 1.165) is 0 Å². The van der Waals surface area contributed by atoms with Gasteiger partial charge in [0.1, 0.15) is 18.2 Å². The number of aryl methyl sites for hydroxylation is 1. The van der Waals surface area contributed by atoms with Gasteiger partial charge in [-0.25, -0.2) is 4.79 Å². The molecule has 0 unspecified atom stereocenters. The summed E-state index contributed by atoms with van der Waals surface area (Å²) in [5.41, 5.74) is 0.637. The predicted molar refractivity (Wildman–Crippen MR) is 54.1 cm³/mol. The first-order chi connectivity index (χ1) is 7.11. The highest BCUT2D eigenvalue weighted by Gasteiger charge is 2.23. The molecule has 1 heterocycles. The molecule has 80 valence electrons. The maximum absolute atomic E-state index is 10.9. The Morgan fingerprint density at radius 1 is 1.47 bits per heavy atom. The minimum atomic E-state index is -1.06. The quantitative estimate of drug-likeness (QED) is 0.800. The summed E-state index contributed by atoms with van der Waals surface area (Å²) in [5.74, 6) is -0.228. The van der Waals surface area contributed by atoms with Crippen LogP contribution in [0.1, 0.15) is 15.9 Å². The summed E-state index contributed by atoms with van der Waals surface area (Å²) >= 11 is 5.94. The van der Waals surface area contributed by atoms with Crippen LogP contribution < -0.4 is 9.47 Å². The third kappa shape index (κ3) is 1.61. The van der Waals surface area contributed by atoms with E-state index in [-0.39, 0.29) is 10.6 Å². The zero-order valence-corrected chi connectivity index (χ0v) is 8.80. The molecule has 5 heteroatoms. The van der Waals surface area contributed by atoms with E-state index in [1.54, 1.807) is 13.0 Å². The zero-order chi connectivity index (χ0) is 11.0. The molecule has 1 aliphatic rings. The summed E-state index contributed by atoms with van der Waals surface area (Å²) in [6, 6.07) is 1.63. The van der Waals surface area contributed by atoms with Crippen LogP contribution in [-0.4, -0.2) is 24.3 Å². The van der Waals surface area contributed by atoms with E-state index in [0.29, 0.717) is 30.3 Å². The normalized spacial score (nSPS) is 13.7. The molecule has 0 amide bonds. The average Bonchev–Trinajstić information content (AvgIpc) is 2.17. The number of hydrogen-bond acceptors (Lipinski definition) is 3. The van der Waals surface area contributed by atoms with Gasteiger partial charge in [0.2, 0.25) is 0 Å². The van der Waals surface area contributed by atoms with Crippen molar-refractivity contribution in [1.82, 2.24) is 0 Å². The fraction of sp³-hybridized carbons (Fsp3) is 0.300. The second-order valence-corrected chi connectivity index (χ2v) is 3.59. The van der Waals surface area contributed by atoms with Gasteiger partial charge in [0.15, 0.2) is 11.5 Å². The molecule has 1 aliphatic heterocycles. The SMILES string of the molecule is Cc1cc2c(c(Cl)c1C(=O)O)OCCO2. The van der Waals surface area contributed by atoms with Gasteiger partial charge in [0, 0.05) is 0 Å². The molecule has 0 bridgehead atoms. The van der Waals surface area contributed by atoms with E-state index >= 15 is 0 Å². The zero-order valence-electron chi connectivity index (χ0n) is 8.04. The summed E-state index contributed by atoms with van der Waals surface area (Å²) in [5, 5.41) is 9.08. The van der Waals surface area contributed by atoms with Crippen molar-refractivity contribution in [3.8, 4) is 11.5 Å². The van der Waals surface area contributed by atoms with Gasteiger partial charge in [-0.2, -0.15) is 0 Å². The summed E-state index contributed by atoms with van der Waals surface area (Å²) in [6.07, 6.45) is 0. The molecule has 2 rings (SSSR count). The molecule has 1 aromatic rings. The molecule has 4 nitrogen and oxygen atoms in total. The minimum absolute atomic E-state index is 0.0703. The Morgan fingerprint density at radius 3 is 2.80 bits per heavy atom. The van der Waals surface area contributed by atoms with Crippen molar-refractivity contribution in [3.05, 3.63) is 22.2 Å². The first-order valence-electron chi connectivity index (χ1n) is 4.43. The monoisotopic (exact) mass is 228 g/mol. The Labute approximate surface area is 91.4 Å². The van der Waals surface area contributed by atoms with Crippen LogP contribution in [0.15, 0.2) is 6.07 Å². The number of fused-ring (bicyclic) bond motifs is 1. The molecule has 0 fully saturated rings. The fourth-order valence-corrected chi connectivity index (χ4v) is 1.91. The largest absolute Gasteiger partial charge is 0.486 e. The van der Waals surface area contributed by atoms with Crippen LogP contribution in [0.2, 0.25) is 5.02 Å².